The van der Waals surface area contributed by atoms with E-state index in [4.69, 9.17) is 39.5 Å². The Balaban J connectivity index is 1.63. The zero-order valence-corrected chi connectivity index (χ0v) is 29.0. The summed E-state index contributed by atoms with van der Waals surface area (Å²) in [7, 11) is 0. The van der Waals surface area contributed by atoms with Crippen LogP contribution >= 0.6 is 34.8 Å². The number of nitrogens with zero attached hydrogens (tertiary/aromatic N) is 2. The fourth-order valence-electron chi connectivity index (χ4n) is 4.69. The summed E-state index contributed by atoms with van der Waals surface area (Å²) in [6.07, 6.45) is 4.99. The summed E-state index contributed by atoms with van der Waals surface area (Å²) in [6.45, 7) is 10.3. The number of H-pyrrole nitrogens is 1. The summed E-state index contributed by atoms with van der Waals surface area (Å²) in [5.74, 6) is -1.78. The van der Waals surface area contributed by atoms with E-state index in [1.54, 1.807) is 58.0 Å². The van der Waals surface area contributed by atoms with Gasteiger partial charge in [0.15, 0.2) is 0 Å². The van der Waals surface area contributed by atoms with Crippen LogP contribution in [-0.2, 0) is 30.3 Å². The molecule has 0 radical (unpaired) electrons. The first-order valence-electron chi connectivity index (χ1n) is 15.1. The molecule has 1 saturated heterocycles. The lowest BCUT2D eigenvalue weighted by Gasteiger charge is -2.35. The Morgan fingerprint density at radius 1 is 1.15 bits per heavy atom. The smallest absolute Gasteiger partial charge is 0.325 e. The summed E-state index contributed by atoms with van der Waals surface area (Å²) in [4.78, 5) is 71.8. The molecule has 0 aliphatic carbocycles. The lowest BCUT2D eigenvalue weighted by molar-refractivity contribution is -0.152. The number of hydrogen-bond donors (Lipinski definition) is 4. The highest BCUT2D eigenvalue weighted by Gasteiger charge is 2.35. The number of ether oxygens (including phenoxy) is 1. The molecule has 0 saturated carbocycles. The summed E-state index contributed by atoms with van der Waals surface area (Å²) in [5, 5.41) is 7.24. The van der Waals surface area contributed by atoms with Crippen LogP contribution in [0.5, 0.6) is 0 Å². The van der Waals surface area contributed by atoms with Crippen molar-refractivity contribution in [1.29, 1.82) is 0 Å². The largest absolute Gasteiger partial charge is 0.460 e. The van der Waals surface area contributed by atoms with Gasteiger partial charge in [0.1, 0.15) is 30.6 Å². The normalized spacial score (nSPS) is 17.2. The van der Waals surface area contributed by atoms with E-state index >= 15 is 0 Å². The van der Waals surface area contributed by atoms with E-state index in [1.165, 1.54) is 11.9 Å². The number of nitrogens with one attached hydrogen (secondary N) is 4. The number of hydrazine groups is 1. The molecule has 3 amide bonds. The molecule has 3 unspecified atom stereocenters. The summed E-state index contributed by atoms with van der Waals surface area (Å²) >= 11 is 16.9. The molecule has 0 spiro atoms. The second kappa shape index (κ2) is 15.6. The molecule has 3 atom stereocenters. The third-order valence-corrected chi connectivity index (χ3v) is 7.80. The first-order chi connectivity index (χ1) is 21.4. The SMILES string of the molecule is CCc1nc2cc(/C=C/C(C)(C)C(=O)NC(C(=O)NC(C)C(=O)N3CCCC(C(=O)OCC(Cl)(Cl)Cl)N3)C(C)C)ccc2c(=O)[nH]1. The zero-order valence-electron chi connectivity index (χ0n) is 26.7. The van der Waals surface area contributed by atoms with Crippen molar-refractivity contribution in [2.75, 3.05) is 13.2 Å². The Labute approximate surface area is 282 Å². The minimum Gasteiger partial charge on any atom is -0.460 e. The van der Waals surface area contributed by atoms with Gasteiger partial charge in [0.05, 0.1) is 16.3 Å². The molecule has 1 aliphatic rings. The van der Waals surface area contributed by atoms with Crippen LogP contribution in [0.3, 0.4) is 0 Å². The summed E-state index contributed by atoms with van der Waals surface area (Å²) in [5.41, 5.74) is 2.91. The number of alkyl halides is 3. The average molecular weight is 700 g/mol. The van der Waals surface area contributed by atoms with Crippen LogP contribution in [0.2, 0.25) is 0 Å². The van der Waals surface area contributed by atoms with Crippen LogP contribution in [0.1, 0.15) is 65.8 Å². The third-order valence-electron chi connectivity index (χ3n) is 7.47. The summed E-state index contributed by atoms with van der Waals surface area (Å²) < 4.78 is 3.27. The standard InChI is InChI=1S/C31H41Cl3N6O6/c1-7-23-36-22-15-19(10-11-20(22)25(41)37-23)12-13-30(5,6)29(45)38-24(17(2)3)26(42)35-18(4)27(43)40-14-8-9-21(39-40)28(44)46-16-31(32,33)34/h10-13,15,17-18,21,24,39H,7-9,14,16H2,1-6H3,(H,35,42)(H,38,45)(H,36,37,41)/b13-12+. The molecule has 252 valence electrons. The highest BCUT2D eigenvalue weighted by atomic mass is 35.6. The molecular formula is C31H41Cl3N6O6. The van der Waals surface area contributed by atoms with Crippen molar-refractivity contribution >= 4 is 75.5 Å². The van der Waals surface area contributed by atoms with Crippen LogP contribution in [0.4, 0.5) is 0 Å². The van der Waals surface area contributed by atoms with Crippen molar-refractivity contribution in [3.8, 4) is 0 Å². The van der Waals surface area contributed by atoms with Crippen LogP contribution in [0.15, 0.2) is 29.1 Å². The van der Waals surface area contributed by atoms with Crippen LogP contribution in [-0.4, -0.2) is 73.7 Å². The number of halogens is 3. The Bertz CT molecular complexity index is 1540. The molecule has 1 aromatic carbocycles. The van der Waals surface area contributed by atoms with Gasteiger partial charge in [-0.15, -0.1) is 0 Å². The molecule has 2 heterocycles. The van der Waals surface area contributed by atoms with Gasteiger partial charge in [-0.3, -0.25) is 29.0 Å². The molecular weight excluding hydrogens is 659 g/mol. The van der Waals surface area contributed by atoms with E-state index in [9.17, 15) is 24.0 Å². The topological polar surface area (TPSA) is 163 Å². The maximum absolute atomic E-state index is 13.4. The Morgan fingerprint density at radius 3 is 2.48 bits per heavy atom. The lowest BCUT2D eigenvalue weighted by atomic mass is 9.89. The van der Waals surface area contributed by atoms with Crippen LogP contribution in [0, 0.1) is 11.3 Å². The molecule has 1 aromatic heterocycles. The van der Waals surface area contributed by atoms with Gasteiger partial charge >= 0.3 is 5.97 Å². The molecule has 2 aromatic rings. The predicted molar refractivity (Wildman–Crippen MR) is 178 cm³/mol. The van der Waals surface area contributed by atoms with Gasteiger partial charge in [0, 0.05) is 13.0 Å². The Morgan fingerprint density at radius 2 is 1.85 bits per heavy atom. The minimum absolute atomic E-state index is 0.208. The molecule has 15 heteroatoms. The van der Waals surface area contributed by atoms with Crippen molar-refractivity contribution in [3.63, 3.8) is 0 Å². The van der Waals surface area contributed by atoms with Crippen molar-refractivity contribution in [1.82, 2.24) is 31.0 Å². The van der Waals surface area contributed by atoms with E-state index in [0.717, 1.165) is 5.56 Å². The predicted octanol–water partition coefficient (Wildman–Crippen LogP) is 3.58. The number of aryl methyl sites for hydroxylation is 1. The number of aromatic amines is 1. The van der Waals surface area contributed by atoms with Gasteiger partial charge in [-0.2, -0.15) is 0 Å². The minimum atomic E-state index is -1.76. The first-order valence-corrected chi connectivity index (χ1v) is 16.2. The highest BCUT2D eigenvalue weighted by molar-refractivity contribution is 6.67. The Hall–Kier alpha value is -3.19. The number of benzene rings is 1. The Kier molecular flexibility index (Phi) is 12.6. The number of amides is 3. The fourth-order valence-corrected chi connectivity index (χ4v) is 4.85. The van der Waals surface area contributed by atoms with Gasteiger partial charge in [0.25, 0.3) is 11.5 Å². The number of fused-ring (bicyclic) bond motifs is 1. The lowest BCUT2D eigenvalue weighted by Crippen LogP contribution is -2.61. The van der Waals surface area contributed by atoms with Crippen LogP contribution < -0.4 is 21.6 Å². The van der Waals surface area contributed by atoms with Crippen LogP contribution in [0.25, 0.3) is 17.0 Å². The second-order valence-corrected chi connectivity index (χ2v) is 14.7. The summed E-state index contributed by atoms with van der Waals surface area (Å²) in [6, 6.07) is 2.51. The number of rotatable bonds is 11. The monoisotopic (exact) mass is 698 g/mol. The van der Waals surface area contributed by atoms with Gasteiger partial charge < -0.3 is 20.4 Å². The number of esters is 1. The molecule has 46 heavy (non-hydrogen) atoms. The highest BCUT2D eigenvalue weighted by Crippen LogP contribution is 2.26. The number of carbonyl (C=O) groups is 4. The van der Waals surface area contributed by atoms with Crippen molar-refractivity contribution in [2.24, 2.45) is 11.3 Å². The zero-order chi connectivity index (χ0) is 34.4. The van der Waals surface area contributed by atoms with E-state index in [0.29, 0.717) is 42.5 Å². The van der Waals surface area contributed by atoms with Gasteiger partial charge in [0.2, 0.25) is 15.6 Å². The van der Waals surface area contributed by atoms with Crippen molar-refractivity contribution < 1.29 is 23.9 Å². The van der Waals surface area contributed by atoms with Gasteiger partial charge in [-0.05, 0) is 57.2 Å². The average Bonchev–Trinajstić information content (AvgIpc) is 3.00. The molecule has 12 nitrogen and oxygen atoms in total. The van der Waals surface area contributed by atoms with Crippen molar-refractivity contribution in [3.05, 3.63) is 46.0 Å². The fraction of sp³-hybridized carbons (Fsp3) is 0.548. The molecule has 3 rings (SSSR count). The third kappa shape index (κ3) is 10.2. The second-order valence-electron chi connectivity index (χ2n) is 12.2. The van der Waals surface area contributed by atoms with Gasteiger partial charge in [-0.1, -0.05) is 73.8 Å². The maximum Gasteiger partial charge on any atom is 0.325 e. The number of aromatic nitrogens is 2. The molecule has 1 aliphatic heterocycles. The van der Waals surface area contributed by atoms with E-state index < -0.39 is 57.6 Å². The van der Waals surface area contributed by atoms with E-state index in [2.05, 4.69) is 26.0 Å². The first kappa shape index (κ1) is 37.3. The number of carbonyl (C=O) groups excluding carboxylic acids is 4. The van der Waals surface area contributed by atoms with Gasteiger partial charge in [-0.25, -0.2) is 10.4 Å². The number of hydrogen-bond acceptors (Lipinski definition) is 8. The maximum atomic E-state index is 13.4. The molecule has 1 fully saturated rings. The van der Waals surface area contributed by atoms with E-state index in [1.807, 2.05) is 6.92 Å². The van der Waals surface area contributed by atoms with E-state index in [-0.39, 0.29) is 11.5 Å². The molecule has 4 N–H and O–H groups in total. The molecule has 0 bridgehead atoms. The van der Waals surface area contributed by atoms with Crippen molar-refractivity contribution in [2.45, 2.75) is 82.7 Å². The quantitative estimate of drug-likeness (QED) is 0.204.